The molecule has 1 aliphatic heterocycles. The molecule has 27 heavy (non-hydrogen) atoms. The molecule has 1 amide bonds. The minimum absolute atomic E-state index is 0.0838. The van der Waals surface area contributed by atoms with Crippen LogP contribution >= 0.6 is 11.6 Å². The second kappa shape index (κ2) is 8.05. The van der Waals surface area contributed by atoms with Crippen molar-refractivity contribution in [1.29, 1.82) is 0 Å². The fraction of sp³-hybridized carbons (Fsp3) is 0.545. The quantitative estimate of drug-likeness (QED) is 0.801. The van der Waals surface area contributed by atoms with Crippen LogP contribution in [0.3, 0.4) is 0 Å². The van der Waals surface area contributed by atoms with Crippen LogP contribution in [0.4, 0.5) is 5.82 Å². The topological polar surface area (TPSA) is 45.2 Å². The van der Waals surface area contributed by atoms with Gasteiger partial charge in [0, 0.05) is 25.0 Å². The first-order valence-electron chi connectivity index (χ1n) is 10.2. The predicted molar refractivity (Wildman–Crippen MR) is 112 cm³/mol. The minimum atomic E-state index is -0.0838. The van der Waals surface area contributed by atoms with Crippen LogP contribution < -0.4 is 10.2 Å². The summed E-state index contributed by atoms with van der Waals surface area (Å²) in [4.78, 5) is 20.0. The number of amides is 1. The van der Waals surface area contributed by atoms with Crippen LogP contribution in [0.5, 0.6) is 0 Å². The second-order valence-corrected chi connectivity index (χ2v) is 8.61. The van der Waals surface area contributed by atoms with E-state index in [2.05, 4.69) is 17.1 Å². The minimum Gasteiger partial charge on any atom is -0.357 e. The van der Waals surface area contributed by atoms with Crippen molar-refractivity contribution in [3.8, 4) is 0 Å². The number of aromatic nitrogens is 1. The second-order valence-electron chi connectivity index (χ2n) is 8.20. The summed E-state index contributed by atoms with van der Waals surface area (Å²) in [6.45, 7) is 5.15. The number of carbonyl (C=O) groups is 1. The molecule has 144 valence electrons. The van der Waals surface area contributed by atoms with Crippen LogP contribution in [0, 0.1) is 11.8 Å². The van der Waals surface area contributed by atoms with Gasteiger partial charge in [0.25, 0.3) is 5.91 Å². The van der Waals surface area contributed by atoms with E-state index < -0.39 is 0 Å². The number of rotatable bonds is 4. The van der Waals surface area contributed by atoms with Crippen LogP contribution in [-0.4, -0.2) is 30.5 Å². The summed E-state index contributed by atoms with van der Waals surface area (Å²) in [6.07, 6.45) is 7.41. The molecule has 2 aromatic rings. The van der Waals surface area contributed by atoms with Crippen LogP contribution in [0.25, 0.3) is 10.9 Å². The molecule has 2 fully saturated rings. The number of anilines is 1. The van der Waals surface area contributed by atoms with E-state index in [-0.39, 0.29) is 5.91 Å². The SMILES string of the molecule is CC1CCCC(CNC(=O)c2c(Cl)ccc3nc(N4CCCC4)ccc23)C1. The summed E-state index contributed by atoms with van der Waals surface area (Å²) in [7, 11) is 0. The number of nitrogens with one attached hydrogen (secondary N) is 1. The molecule has 1 aromatic carbocycles. The Kier molecular flexibility index (Phi) is 5.53. The maximum Gasteiger partial charge on any atom is 0.253 e. The molecule has 4 nitrogen and oxygen atoms in total. The molecular weight excluding hydrogens is 358 g/mol. The van der Waals surface area contributed by atoms with Gasteiger partial charge in [-0.15, -0.1) is 0 Å². The van der Waals surface area contributed by atoms with E-state index in [1.165, 1.54) is 38.5 Å². The van der Waals surface area contributed by atoms with E-state index >= 15 is 0 Å². The number of pyridine rings is 1. The Morgan fingerprint density at radius 1 is 1.19 bits per heavy atom. The van der Waals surface area contributed by atoms with Crippen LogP contribution in [0.2, 0.25) is 5.02 Å². The van der Waals surface area contributed by atoms with Gasteiger partial charge < -0.3 is 10.2 Å². The third kappa shape index (κ3) is 4.06. The molecule has 4 rings (SSSR count). The van der Waals surface area contributed by atoms with Crippen LogP contribution in [0.15, 0.2) is 24.3 Å². The maximum absolute atomic E-state index is 12.9. The first-order chi connectivity index (χ1) is 13.1. The summed E-state index contributed by atoms with van der Waals surface area (Å²) in [5.74, 6) is 2.24. The van der Waals surface area contributed by atoms with E-state index in [9.17, 15) is 4.79 Å². The highest BCUT2D eigenvalue weighted by atomic mass is 35.5. The Morgan fingerprint density at radius 2 is 2.00 bits per heavy atom. The van der Waals surface area contributed by atoms with E-state index in [1.807, 2.05) is 18.2 Å². The third-order valence-electron chi connectivity index (χ3n) is 6.06. The standard InChI is InChI=1S/C22H28ClN3O/c1-15-5-4-6-16(13-15)14-24-22(27)21-17-7-10-20(26-11-2-3-12-26)25-19(17)9-8-18(21)23/h7-10,15-16H,2-6,11-14H2,1H3,(H,24,27). The van der Waals surface area contributed by atoms with Crippen molar-refractivity contribution in [2.45, 2.75) is 45.4 Å². The average Bonchev–Trinajstić information content (AvgIpc) is 3.20. The van der Waals surface area contributed by atoms with Gasteiger partial charge in [-0.3, -0.25) is 4.79 Å². The molecule has 0 radical (unpaired) electrons. The third-order valence-corrected chi connectivity index (χ3v) is 6.37. The number of fused-ring (bicyclic) bond motifs is 1. The molecule has 1 N–H and O–H groups in total. The summed E-state index contributed by atoms with van der Waals surface area (Å²) < 4.78 is 0. The lowest BCUT2D eigenvalue weighted by atomic mass is 9.82. The number of nitrogens with zero attached hydrogens (tertiary/aromatic N) is 2. The Labute approximate surface area is 166 Å². The molecule has 1 saturated carbocycles. The maximum atomic E-state index is 12.9. The molecule has 5 heteroatoms. The lowest BCUT2D eigenvalue weighted by molar-refractivity contribution is 0.0942. The average molecular weight is 386 g/mol. The fourth-order valence-corrected chi connectivity index (χ4v) is 4.84. The predicted octanol–water partition coefficient (Wildman–Crippen LogP) is 5.04. The van der Waals surface area contributed by atoms with Crippen LogP contribution in [-0.2, 0) is 0 Å². The Balaban J connectivity index is 1.54. The normalized spacial score (nSPS) is 23.0. The Morgan fingerprint density at radius 3 is 2.78 bits per heavy atom. The zero-order valence-corrected chi connectivity index (χ0v) is 16.8. The first-order valence-corrected chi connectivity index (χ1v) is 10.6. The highest BCUT2D eigenvalue weighted by Crippen LogP contribution is 2.30. The zero-order chi connectivity index (χ0) is 18.8. The molecule has 1 aliphatic carbocycles. The lowest BCUT2D eigenvalue weighted by Crippen LogP contribution is -2.31. The number of carbonyl (C=O) groups excluding carboxylic acids is 1. The summed E-state index contributed by atoms with van der Waals surface area (Å²) in [6, 6.07) is 7.72. The monoisotopic (exact) mass is 385 g/mol. The number of hydrogen-bond donors (Lipinski definition) is 1. The molecule has 2 unspecified atom stereocenters. The number of hydrogen-bond acceptors (Lipinski definition) is 3. The van der Waals surface area contributed by atoms with Gasteiger partial charge in [0.2, 0.25) is 0 Å². The van der Waals surface area contributed by atoms with Crippen molar-refractivity contribution in [2.75, 3.05) is 24.5 Å². The molecular formula is C22H28ClN3O. The van der Waals surface area contributed by atoms with Gasteiger partial charge in [0.1, 0.15) is 5.82 Å². The summed E-state index contributed by atoms with van der Waals surface area (Å²) in [5, 5.41) is 4.46. The molecule has 1 saturated heterocycles. The molecule has 0 spiro atoms. The van der Waals surface area contributed by atoms with Gasteiger partial charge in [-0.1, -0.05) is 31.4 Å². The first kappa shape index (κ1) is 18.5. The van der Waals surface area contributed by atoms with E-state index in [4.69, 9.17) is 16.6 Å². The highest BCUT2D eigenvalue weighted by molar-refractivity contribution is 6.35. The number of benzene rings is 1. The van der Waals surface area contributed by atoms with Gasteiger partial charge >= 0.3 is 0 Å². The van der Waals surface area contributed by atoms with Crippen LogP contribution in [0.1, 0.15) is 55.8 Å². The van der Waals surface area contributed by atoms with Crippen molar-refractivity contribution < 1.29 is 4.79 Å². The lowest BCUT2D eigenvalue weighted by Gasteiger charge is -2.26. The van der Waals surface area contributed by atoms with Crippen molar-refractivity contribution in [2.24, 2.45) is 11.8 Å². The van der Waals surface area contributed by atoms with Crippen molar-refractivity contribution in [3.63, 3.8) is 0 Å². The van der Waals surface area contributed by atoms with Gasteiger partial charge in [-0.05, 0) is 61.8 Å². The van der Waals surface area contributed by atoms with Gasteiger partial charge in [0.05, 0.1) is 16.1 Å². The Hall–Kier alpha value is -1.81. The molecule has 2 atom stereocenters. The molecule has 1 aromatic heterocycles. The largest absolute Gasteiger partial charge is 0.357 e. The summed E-state index contributed by atoms with van der Waals surface area (Å²) in [5.41, 5.74) is 1.39. The smallest absolute Gasteiger partial charge is 0.253 e. The van der Waals surface area contributed by atoms with Crippen molar-refractivity contribution >= 4 is 34.2 Å². The summed E-state index contributed by atoms with van der Waals surface area (Å²) >= 11 is 6.41. The van der Waals surface area contributed by atoms with E-state index in [1.54, 1.807) is 6.07 Å². The molecule has 2 heterocycles. The highest BCUT2D eigenvalue weighted by Gasteiger charge is 2.22. The van der Waals surface area contributed by atoms with E-state index in [0.717, 1.165) is 42.3 Å². The van der Waals surface area contributed by atoms with E-state index in [0.29, 0.717) is 16.5 Å². The van der Waals surface area contributed by atoms with Gasteiger partial charge in [-0.2, -0.15) is 0 Å². The van der Waals surface area contributed by atoms with Gasteiger partial charge in [-0.25, -0.2) is 4.98 Å². The van der Waals surface area contributed by atoms with Crippen molar-refractivity contribution in [1.82, 2.24) is 10.3 Å². The fourth-order valence-electron chi connectivity index (χ4n) is 4.59. The Bertz CT molecular complexity index is 832. The molecule has 2 aliphatic rings. The zero-order valence-electron chi connectivity index (χ0n) is 16.0. The number of halogens is 1. The van der Waals surface area contributed by atoms with Gasteiger partial charge in [0.15, 0.2) is 0 Å². The molecule has 0 bridgehead atoms. The van der Waals surface area contributed by atoms with Crippen molar-refractivity contribution in [3.05, 3.63) is 34.9 Å².